The molecule has 0 bridgehead atoms. The van der Waals surface area contributed by atoms with Crippen molar-refractivity contribution >= 4 is 23.4 Å². The maximum atomic E-state index is 13.5. The van der Waals surface area contributed by atoms with Gasteiger partial charge >= 0.3 is 0 Å². The molecular weight excluding hydrogens is 416 g/mol. The lowest BCUT2D eigenvalue weighted by Gasteiger charge is -2.32. The van der Waals surface area contributed by atoms with Crippen molar-refractivity contribution in [3.05, 3.63) is 83.2 Å². The zero-order chi connectivity index (χ0) is 21.6. The Morgan fingerprint density at radius 2 is 1.71 bits per heavy atom. The molecule has 1 aliphatic rings. The summed E-state index contributed by atoms with van der Waals surface area (Å²) in [7, 11) is 0. The van der Waals surface area contributed by atoms with Crippen LogP contribution in [0.25, 0.3) is 0 Å². The molecule has 1 N–H and O–H groups in total. The van der Waals surface area contributed by atoms with Gasteiger partial charge in [-0.25, -0.2) is 0 Å². The zero-order valence-corrected chi connectivity index (χ0v) is 17.9. The molecule has 3 aromatic rings. The lowest BCUT2D eigenvalue weighted by Crippen LogP contribution is -2.46. The number of carbonyl (C=O) groups is 2. The van der Waals surface area contributed by atoms with E-state index in [0.29, 0.717) is 16.3 Å². The summed E-state index contributed by atoms with van der Waals surface area (Å²) in [5.74, 6) is 0.126. The lowest BCUT2D eigenvalue weighted by atomic mass is 9.94. The van der Waals surface area contributed by atoms with Gasteiger partial charge in [-0.2, -0.15) is 0 Å². The standard InChI is InChI=1S/C24H25ClN2O4/c25-18-12-10-17(11-13-18)22(23(28)26-19-6-2-1-3-7-19)27(16-20-8-4-14-30-20)24(29)21-9-5-15-31-21/h4-5,8-15,19,22H,1-3,6-7,16H2,(H,26,28)/t22-/m1/s1. The molecule has 4 rings (SSSR count). The van der Waals surface area contributed by atoms with E-state index in [1.165, 1.54) is 17.6 Å². The van der Waals surface area contributed by atoms with Crippen LogP contribution in [-0.4, -0.2) is 22.8 Å². The highest BCUT2D eigenvalue weighted by Gasteiger charge is 2.35. The second kappa shape index (κ2) is 9.88. The van der Waals surface area contributed by atoms with Gasteiger partial charge in [-0.05, 0) is 54.8 Å². The van der Waals surface area contributed by atoms with E-state index in [2.05, 4.69) is 5.32 Å². The zero-order valence-electron chi connectivity index (χ0n) is 17.1. The molecule has 1 fully saturated rings. The van der Waals surface area contributed by atoms with Gasteiger partial charge in [0.05, 0.1) is 19.1 Å². The van der Waals surface area contributed by atoms with Crippen molar-refractivity contribution in [2.75, 3.05) is 0 Å². The summed E-state index contributed by atoms with van der Waals surface area (Å²) in [6.07, 6.45) is 8.26. The first-order chi connectivity index (χ1) is 15.1. The van der Waals surface area contributed by atoms with Crippen molar-refractivity contribution in [3.63, 3.8) is 0 Å². The summed E-state index contributed by atoms with van der Waals surface area (Å²) in [4.78, 5) is 28.4. The minimum Gasteiger partial charge on any atom is -0.467 e. The van der Waals surface area contributed by atoms with Crippen molar-refractivity contribution in [1.29, 1.82) is 0 Å². The fraction of sp³-hybridized carbons (Fsp3) is 0.333. The van der Waals surface area contributed by atoms with E-state index in [4.69, 9.17) is 20.4 Å². The normalized spacial score (nSPS) is 15.4. The molecule has 31 heavy (non-hydrogen) atoms. The largest absolute Gasteiger partial charge is 0.467 e. The molecule has 2 amide bonds. The second-order valence-electron chi connectivity index (χ2n) is 7.79. The summed E-state index contributed by atoms with van der Waals surface area (Å²) in [6, 6.07) is 13.0. The molecule has 0 radical (unpaired) electrons. The van der Waals surface area contributed by atoms with Gasteiger partial charge in [0.2, 0.25) is 5.91 Å². The molecular formula is C24H25ClN2O4. The van der Waals surface area contributed by atoms with Crippen molar-refractivity contribution in [3.8, 4) is 0 Å². The van der Waals surface area contributed by atoms with Crippen LogP contribution in [0, 0.1) is 0 Å². The lowest BCUT2D eigenvalue weighted by molar-refractivity contribution is -0.127. The van der Waals surface area contributed by atoms with Crippen molar-refractivity contribution in [2.45, 2.75) is 50.7 Å². The van der Waals surface area contributed by atoms with Crippen LogP contribution in [0.3, 0.4) is 0 Å². The van der Waals surface area contributed by atoms with Crippen molar-refractivity contribution in [2.24, 2.45) is 0 Å². The first-order valence-electron chi connectivity index (χ1n) is 10.5. The Bertz CT molecular complexity index is 977. The van der Waals surface area contributed by atoms with Crippen LogP contribution in [0.5, 0.6) is 0 Å². The smallest absolute Gasteiger partial charge is 0.290 e. The Labute approximate surface area is 186 Å². The molecule has 0 unspecified atom stereocenters. The third-order valence-electron chi connectivity index (χ3n) is 5.60. The minimum absolute atomic E-state index is 0.111. The van der Waals surface area contributed by atoms with E-state index in [9.17, 15) is 9.59 Å². The van der Waals surface area contributed by atoms with Crippen LogP contribution >= 0.6 is 11.6 Å². The Morgan fingerprint density at radius 1 is 1.00 bits per heavy atom. The Morgan fingerprint density at radius 3 is 2.35 bits per heavy atom. The van der Waals surface area contributed by atoms with Gasteiger partial charge < -0.3 is 19.1 Å². The number of hydrogen-bond donors (Lipinski definition) is 1. The molecule has 6 nitrogen and oxygen atoms in total. The molecule has 0 saturated heterocycles. The maximum absolute atomic E-state index is 13.5. The fourth-order valence-electron chi connectivity index (χ4n) is 4.04. The summed E-state index contributed by atoms with van der Waals surface area (Å²) in [5.41, 5.74) is 0.671. The van der Waals surface area contributed by atoms with Crippen LogP contribution in [0.2, 0.25) is 5.02 Å². The third-order valence-corrected chi connectivity index (χ3v) is 5.85. The molecule has 162 valence electrons. The molecule has 1 saturated carbocycles. The number of amides is 2. The van der Waals surface area contributed by atoms with Crippen LogP contribution in [0.4, 0.5) is 0 Å². The second-order valence-corrected chi connectivity index (χ2v) is 8.22. The Balaban J connectivity index is 1.70. The van der Waals surface area contributed by atoms with Gasteiger partial charge in [-0.1, -0.05) is 43.0 Å². The monoisotopic (exact) mass is 440 g/mol. The van der Waals surface area contributed by atoms with Crippen molar-refractivity contribution in [1.82, 2.24) is 10.2 Å². The third kappa shape index (κ3) is 5.20. The van der Waals surface area contributed by atoms with Gasteiger partial charge in [-0.15, -0.1) is 0 Å². The number of nitrogens with zero attached hydrogens (tertiary/aromatic N) is 1. The molecule has 2 aromatic heterocycles. The molecule has 1 aromatic carbocycles. The Hall–Kier alpha value is -2.99. The van der Waals surface area contributed by atoms with Crippen molar-refractivity contribution < 1.29 is 18.4 Å². The Kier molecular flexibility index (Phi) is 6.77. The summed E-state index contributed by atoms with van der Waals surface area (Å²) in [6.45, 7) is 0.123. The average Bonchev–Trinajstić information content (AvgIpc) is 3.49. The van der Waals surface area contributed by atoms with E-state index >= 15 is 0 Å². The maximum Gasteiger partial charge on any atom is 0.290 e. The summed E-state index contributed by atoms with van der Waals surface area (Å²) >= 11 is 6.08. The van der Waals surface area contributed by atoms with Gasteiger partial charge in [0.25, 0.3) is 5.91 Å². The van der Waals surface area contributed by atoms with Crippen LogP contribution in [0.15, 0.2) is 69.9 Å². The van der Waals surface area contributed by atoms with E-state index in [1.54, 1.807) is 54.8 Å². The highest BCUT2D eigenvalue weighted by Crippen LogP contribution is 2.28. The van der Waals surface area contributed by atoms with E-state index in [-0.39, 0.29) is 30.2 Å². The number of rotatable bonds is 7. The molecule has 0 spiro atoms. The van der Waals surface area contributed by atoms with E-state index in [1.807, 2.05) is 0 Å². The number of hydrogen-bond acceptors (Lipinski definition) is 4. The highest BCUT2D eigenvalue weighted by molar-refractivity contribution is 6.30. The predicted octanol–water partition coefficient (Wildman–Crippen LogP) is 5.36. The van der Waals surface area contributed by atoms with E-state index in [0.717, 1.165) is 25.7 Å². The summed E-state index contributed by atoms with van der Waals surface area (Å²) < 4.78 is 10.8. The number of carbonyl (C=O) groups excluding carboxylic acids is 2. The van der Waals surface area contributed by atoms with Crippen LogP contribution in [0.1, 0.15) is 60.0 Å². The first-order valence-corrected chi connectivity index (χ1v) is 10.9. The molecule has 2 heterocycles. The van der Waals surface area contributed by atoms with E-state index < -0.39 is 6.04 Å². The topological polar surface area (TPSA) is 75.7 Å². The van der Waals surface area contributed by atoms with Gasteiger partial charge in [0.1, 0.15) is 11.8 Å². The number of halogens is 1. The quantitative estimate of drug-likeness (QED) is 0.536. The van der Waals surface area contributed by atoms with Gasteiger partial charge in [0, 0.05) is 11.1 Å². The van der Waals surface area contributed by atoms with Crippen LogP contribution in [-0.2, 0) is 11.3 Å². The fourth-order valence-corrected chi connectivity index (χ4v) is 4.16. The number of nitrogens with one attached hydrogen (secondary N) is 1. The molecule has 1 atom stereocenters. The van der Waals surface area contributed by atoms with Crippen LogP contribution < -0.4 is 5.32 Å². The van der Waals surface area contributed by atoms with Gasteiger partial charge in [-0.3, -0.25) is 9.59 Å². The number of furan rings is 2. The first kappa shape index (κ1) is 21.2. The highest BCUT2D eigenvalue weighted by atomic mass is 35.5. The molecule has 7 heteroatoms. The van der Waals surface area contributed by atoms with Gasteiger partial charge in [0.15, 0.2) is 5.76 Å². The minimum atomic E-state index is -0.859. The SMILES string of the molecule is O=C(NC1CCCCC1)[C@@H](c1ccc(Cl)cc1)N(Cc1ccco1)C(=O)c1ccco1. The molecule has 0 aliphatic heterocycles. The predicted molar refractivity (Wildman–Crippen MR) is 116 cm³/mol. The molecule has 1 aliphatic carbocycles. The average molecular weight is 441 g/mol. The summed E-state index contributed by atoms with van der Waals surface area (Å²) in [5, 5.41) is 3.73. The number of benzene rings is 1.